The molecule has 0 bridgehead atoms. The average Bonchev–Trinajstić information content (AvgIpc) is 3.41. The van der Waals surface area contributed by atoms with Gasteiger partial charge in [0.2, 0.25) is 0 Å². The molecule has 0 radical (unpaired) electrons. The molecule has 0 spiro atoms. The summed E-state index contributed by atoms with van der Waals surface area (Å²) in [5.74, 6) is -0.235. The number of carboxylic acids is 1. The number of allylic oxidation sites excluding steroid dienone is 1. The maximum atomic E-state index is 11.5. The number of hydrogen-bond donors (Lipinski definition) is 2. The van der Waals surface area contributed by atoms with E-state index in [2.05, 4.69) is 40.3 Å². The van der Waals surface area contributed by atoms with E-state index in [0.717, 1.165) is 41.4 Å². The highest BCUT2D eigenvalue weighted by molar-refractivity contribution is 5.95. The molecule has 0 aliphatic heterocycles. The second kappa shape index (κ2) is 7.59. The average molecular weight is 395 g/mol. The number of nitrogens with zero attached hydrogens (tertiary/aromatic N) is 2. The lowest BCUT2D eigenvalue weighted by Crippen LogP contribution is -2.04. The first kappa shape index (κ1) is 18.3. The molecule has 5 rings (SSSR count). The molecule has 0 saturated carbocycles. The van der Waals surface area contributed by atoms with Crippen molar-refractivity contribution in [3.63, 3.8) is 0 Å². The van der Waals surface area contributed by atoms with Crippen molar-refractivity contribution >= 4 is 22.9 Å². The van der Waals surface area contributed by atoms with Crippen LogP contribution >= 0.6 is 0 Å². The van der Waals surface area contributed by atoms with Crippen molar-refractivity contribution in [2.75, 3.05) is 0 Å². The smallest absolute Gasteiger partial charge is 0.335 e. The number of hydrogen-bond acceptors (Lipinski definition) is 3. The summed E-state index contributed by atoms with van der Waals surface area (Å²) in [6.45, 7) is 0. The minimum atomic E-state index is -0.938. The number of H-pyrrole nitrogens is 1. The molecule has 4 aromatic rings. The summed E-state index contributed by atoms with van der Waals surface area (Å²) < 4.78 is 0. The maximum Gasteiger partial charge on any atom is 0.335 e. The van der Waals surface area contributed by atoms with Crippen LogP contribution < -0.4 is 0 Å². The third-order valence-corrected chi connectivity index (χ3v) is 5.63. The lowest BCUT2D eigenvalue weighted by atomic mass is 10.0. The van der Waals surface area contributed by atoms with Crippen LogP contribution in [0.25, 0.3) is 17.0 Å². The van der Waals surface area contributed by atoms with Gasteiger partial charge in [-0.1, -0.05) is 30.4 Å². The van der Waals surface area contributed by atoms with Crippen molar-refractivity contribution in [2.24, 2.45) is 0 Å². The number of nitrogens with one attached hydrogen (secondary N) is 1. The van der Waals surface area contributed by atoms with E-state index < -0.39 is 5.97 Å². The number of aromatic carboxylic acids is 1. The molecule has 0 saturated heterocycles. The monoisotopic (exact) mass is 395 g/mol. The standard InChI is InChI=1S/C25H21N3O2/c29-25(30)20-13-19(22-9-11-26-23(22)14-20)15-24-27-10-8-21(28-24)7-5-16-4-6-17-2-1-3-18(17)12-16/h1,3-4,6,8-14,26H,2,5,7,15H2,(H,29,30). The summed E-state index contributed by atoms with van der Waals surface area (Å²) in [6.07, 6.45) is 11.3. The van der Waals surface area contributed by atoms with Gasteiger partial charge in [0, 0.05) is 35.4 Å². The Balaban J connectivity index is 1.35. The summed E-state index contributed by atoms with van der Waals surface area (Å²) in [4.78, 5) is 23.7. The van der Waals surface area contributed by atoms with E-state index in [1.165, 1.54) is 16.7 Å². The van der Waals surface area contributed by atoms with Gasteiger partial charge in [-0.2, -0.15) is 0 Å². The number of aromatic nitrogens is 3. The van der Waals surface area contributed by atoms with Crippen molar-refractivity contribution in [2.45, 2.75) is 25.7 Å². The highest BCUT2D eigenvalue weighted by atomic mass is 16.4. The van der Waals surface area contributed by atoms with Crippen LogP contribution in [0.4, 0.5) is 0 Å². The molecule has 2 aromatic carbocycles. The Kier molecular flexibility index (Phi) is 4.64. The fourth-order valence-corrected chi connectivity index (χ4v) is 4.08. The molecule has 148 valence electrons. The predicted octanol–water partition coefficient (Wildman–Crippen LogP) is 4.60. The lowest BCUT2D eigenvalue weighted by molar-refractivity contribution is 0.0697. The van der Waals surface area contributed by atoms with Crippen LogP contribution in [0.3, 0.4) is 0 Å². The Hall–Kier alpha value is -3.73. The number of aryl methyl sites for hydroxylation is 2. The Morgan fingerprint density at radius 3 is 2.93 bits per heavy atom. The van der Waals surface area contributed by atoms with Crippen molar-refractivity contribution in [3.8, 4) is 0 Å². The molecule has 2 heterocycles. The highest BCUT2D eigenvalue weighted by Crippen LogP contribution is 2.23. The summed E-state index contributed by atoms with van der Waals surface area (Å²) in [6, 6.07) is 14.0. The van der Waals surface area contributed by atoms with Crippen LogP contribution in [-0.4, -0.2) is 26.0 Å². The first-order valence-corrected chi connectivity index (χ1v) is 10.1. The zero-order valence-electron chi connectivity index (χ0n) is 16.4. The van der Waals surface area contributed by atoms with Crippen molar-refractivity contribution < 1.29 is 9.90 Å². The van der Waals surface area contributed by atoms with E-state index in [4.69, 9.17) is 4.98 Å². The number of aromatic amines is 1. The Bertz CT molecular complexity index is 1290. The van der Waals surface area contributed by atoms with Gasteiger partial charge in [-0.3, -0.25) is 0 Å². The molecule has 5 heteroatoms. The van der Waals surface area contributed by atoms with Crippen LogP contribution in [0.5, 0.6) is 0 Å². The molecular weight excluding hydrogens is 374 g/mol. The SMILES string of the molecule is O=C(O)c1cc(Cc2nccc(CCc3ccc4c(c3)C=CC4)n2)c2cc[nH]c2c1. The van der Waals surface area contributed by atoms with Crippen LogP contribution in [0.2, 0.25) is 0 Å². The minimum Gasteiger partial charge on any atom is -0.478 e. The predicted molar refractivity (Wildman–Crippen MR) is 117 cm³/mol. The van der Waals surface area contributed by atoms with Gasteiger partial charge in [0.05, 0.1) is 5.56 Å². The molecular formula is C25H21N3O2. The van der Waals surface area contributed by atoms with Gasteiger partial charge < -0.3 is 10.1 Å². The first-order valence-electron chi connectivity index (χ1n) is 10.1. The summed E-state index contributed by atoms with van der Waals surface area (Å²) in [5, 5.41) is 10.4. The second-order valence-electron chi connectivity index (χ2n) is 7.66. The molecule has 1 aliphatic carbocycles. The molecule has 0 atom stereocenters. The van der Waals surface area contributed by atoms with E-state index in [-0.39, 0.29) is 5.56 Å². The summed E-state index contributed by atoms with van der Waals surface area (Å²) in [5.41, 5.74) is 7.01. The molecule has 2 N–H and O–H groups in total. The van der Waals surface area contributed by atoms with E-state index >= 15 is 0 Å². The van der Waals surface area contributed by atoms with Crippen molar-refractivity contribution in [1.82, 2.24) is 15.0 Å². The molecule has 0 unspecified atom stereocenters. The molecule has 2 aromatic heterocycles. The largest absolute Gasteiger partial charge is 0.478 e. The zero-order chi connectivity index (χ0) is 20.5. The van der Waals surface area contributed by atoms with Gasteiger partial charge in [0.1, 0.15) is 5.82 Å². The molecule has 30 heavy (non-hydrogen) atoms. The topological polar surface area (TPSA) is 78.9 Å². The minimum absolute atomic E-state index is 0.266. The zero-order valence-corrected chi connectivity index (χ0v) is 16.4. The highest BCUT2D eigenvalue weighted by Gasteiger charge is 2.12. The van der Waals surface area contributed by atoms with Crippen LogP contribution in [0, 0.1) is 0 Å². The quantitative estimate of drug-likeness (QED) is 0.500. The lowest BCUT2D eigenvalue weighted by Gasteiger charge is -2.08. The Labute approximate surface area is 174 Å². The van der Waals surface area contributed by atoms with E-state index in [1.807, 2.05) is 18.3 Å². The van der Waals surface area contributed by atoms with Gasteiger partial charge in [-0.15, -0.1) is 0 Å². The number of fused-ring (bicyclic) bond motifs is 2. The van der Waals surface area contributed by atoms with Gasteiger partial charge in [0.15, 0.2) is 0 Å². The van der Waals surface area contributed by atoms with Crippen LogP contribution in [-0.2, 0) is 25.7 Å². The third kappa shape index (κ3) is 3.62. The fraction of sp³-hybridized carbons (Fsp3) is 0.160. The number of carbonyl (C=O) groups is 1. The third-order valence-electron chi connectivity index (χ3n) is 5.63. The molecule has 1 aliphatic rings. The summed E-state index contributed by atoms with van der Waals surface area (Å²) in [7, 11) is 0. The number of benzene rings is 2. The normalized spacial score (nSPS) is 12.4. The fourth-order valence-electron chi connectivity index (χ4n) is 4.08. The second-order valence-corrected chi connectivity index (χ2v) is 7.66. The number of rotatable bonds is 6. The number of carboxylic acid groups (broad SMARTS) is 1. The van der Waals surface area contributed by atoms with Gasteiger partial charge >= 0.3 is 5.97 Å². The van der Waals surface area contributed by atoms with E-state index in [1.54, 1.807) is 18.3 Å². The van der Waals surface area contributed by atoms with E-state index in [0.29, 0.717) is 12.2 Å². The molecule has 0 fully saturated rings. The van der Waals surface area contributed by atoms with Crippen molar-refractivity contribution in [3.05, 3.63) is 100 Å². The Morgan fingerprint density at radius 1 is 1.10 bits per heavy atom. The van der Waals surface area contributed by atoms with E-state index in [9.17, 15) is 9.90 Å². The Morgan fingerprint density at radius 2 is 2.03 bits per heavy atom. The summed E-state index contributed by atoms with van der Waals surface area (Å²) >= 11 is 0. The van der Waals surface area contributed by atoms with Gasteiger partial charge in [-0.05, 0) is 65.8 Å². The van der Waals surface area contributed by atoms with Gasteiger partial charge in [-0.25, -0.2) is 14.8 Å². The first-order chi connectivity index (χ1) is 14.7. The van der Waals surface area contributed by atoms with Gasteiger partial charge in [0.25, 0.3) is 0 Å². The van der Waals surface area contributed by atoms with Crippen LogP contribution in [0.15, 0.2) is 60.9 Å². The molecule has 5 nitrogen and oxygen atoms in total. The van der Waals surface area contributed by atoms with Crippen molar-refractivity contribution in [1.29, 1.82) is 0 Å². The van der Waals surface area contributed by atoms with Crippen LogP contribution in [0.1, 0.15) is 44.1 Å². The molecule has 0 amide bonds. The maximum absolute atomic E-state index is 11.5.